The molecule has 3 nitrogen and oxygen atoms in total. The van der Waals surface area contributed by atoms with Crippen LogP contribution in [0.2, 0.25) is 0 Å². The third-order valence-electron chi connectivity index (χ3n) is 4.01. The monoisotopic (exact) mass is 402 g/mol. The van der Waals surface area contributed by atoms with E-state index in [4.69, 9.17) is 0 Å². The molecule has 6 heteroatoms. The maximum absolute atomic E-state index is 13.6. The van der Waals surface area contributed by atoms with E-state index in [1.54, 1.807) is 23.6 Å². The molecule has 0 unspecified atom stereocenters. The zero-order valence-corrected chi connectivity index (χ0v) is 14.9. The lowest BCUT2D eigenvalue weighted by Gasteiger charge is -2.15. The number of halogens is 2. The minimum absolute atomic E-state index is 0.143. The number of aryl methyl sites for hydroxylation is 1. The molecule has 2 aromatic heterocycles. The van der Waals surface area contributed by atoms with Crippen molar-refractivity contribution in [1.82, 2.24) is 9.55 Å². The second-order valence-electron chi connectivity index (χ2n) is 5.40. The Labute approximate surface area is 149 Å². The molecule has 2 heterocycles. The van der Waals surface area contributed by atoms with Crippen molar-refractivity contribution in [2.24, 2.45) is 0 Å². The lowest BCUT2D eigenvalue weighted by Crippen LogP contribution is -2.12. The molecule has 0 fully saturated rings. The number of thiazole rings is 1. The molecule has 4 rings (SSSR count). The first kappa shape index (κ1) is 15.5. The molecule has 0 N–H and O–H groups in total. The fraction of sp³-hybridized carbons (Fsp3) is 0.111. The van der Waals surface area contributed by atoms with Gasteiger partial charge < -0.3 is 4.57 Å². The summed E-state index contributed by atoms with van der Waals surface area (Å²) < 4.78 is 15.7. The highest BCUT2D eigenvalue weighted by Gasteiger charge is 2.13. The SMILES string of the molecule is O=c1c2cc(F)ccc2n(CCBr)c2cc(-c3nccs3)ccc12. The summed E-state index contributed by atoms with van der Waals surface area (Å²) in [6, 6.07) is 10.1. The van der Waals surface area contributed by atoms with Gasteiger partial charge in [0, 0.05) is 39.8 Å². The van der Waals surface area contributed by atoms with Crippen molar-refractivity contribution in [3.8, 4) is 10.6 Å². The Bertz CT molecular complexity index is 1110. The van der Waals surface area contributed by atoms with Crippen molar-refractivity contribution >= 4 is 49.1 Å². The van der Waals surface area contributed by atoms with Gasteiger partial charge in [-0.3, -0.25) is 4.79 Å². The third kappa shape index (κ3) is 2.46. The van der Waals surface area contributed by atoms with E-state index in [2.05, 4.69) is 25.5 Å². The fourth-order valence-electron chi connectivity index (χ4n) is 2.97. The van der Waals surface area contributed by atoms with Crippen molar-refractivity contribution in [3.05, 3.63) is 64.0 Å². The molecule has 24 heavy (non-hydrogen) atoms. The van der Waals surface area contributed by atoms with E-state index in [9.17, 15) is 9.18 Å². The molecule has 120 valence electrons. The number of fused-ring (bicyclic) bond motifs is 2. The number of benzene rings is 2. The predicted molar refractivity (Wildman–Crippen MR) is 101 cm³/mol. The van der Waals surface area contributed by atoms with Gasteiger partial charge in [0.2, 0.25) is 0 Å². The Morgan fingerprint density at radius 2 is 2.00 bits per heavy atom. The Hall–Kier alpha value is -2.05. The van der Waals surface area contributed by atoms with Crippen LogP contribution in [0.3, 0.4) is 0 Å². The van der Waals surface area contributed by atoms with Gasteiger partial charge in [0.25, 0.3) is 0 Å². The van der Waals surface area contributed by atoms with E-state index < -0.39 is 5.82 Å². The number of rotatable bonds is 3. The first-order chi connectivity index (χ1) is 11.7. The number of pyridine rings is 1. The van der Waals surface area contributed by atoms with Gasteiger partial charge in [-0.2, -0.15) is 0 Å². The van der Waals surface area contributed by atoms with Crippen molar-refractivity contribution in [3.63, 3.8) is 0 Å². The summed E-state index contributed by atoms with van der Waals surface area (Å²) in [5.74, 6) is -0.399. The zero-order valence-electron chi connectivity index (χ0n) is 12.5. The summed E-state index contributed by atoms with van der Waals surface area (Å²) in [4.78, 5) is 17.1. The van der Waals surface area contributed by atoms with Gasteiger partial charge in [-0.1, -0.05) is 22.0 Å². The number of nitrogens with zero attached hydrogens (tertiary/aromatic N) is 2. The molecule has 0 saturated carbocycles. The summed E-state index contributed by atoms with van der Waals surface area (Å²) >= 11 is 5.02. The predicted octanol–water partition coefficient (Wildman–Crippen LogP) is 4.81. The molecule has 0 aliphatic carbocycles. The van der Waals surface area contributed by atoms with E-state index in [1.165, 1.54) is 12.1 Å². The summed E-state index contributed by atoms with van der Waals surface area (Å²) in [6.45, 7) is 0.681. The number of hydrogen-bond acceptors (Lipinski definition) is 3. The molecule has 0 saturated heterocycles. The second-order valence-corrected chi connectivity index (χ2v) is 7.09. The van der Waals surface area contributed by atoms with Gasteiger partial charge in [0.05, 0.1) is 11.0 Å². The summed E-state index contributed by atoms with van der Waals surface area (Å²) in [6.07, 6.45) is 1.76. The van der Waals surface area contributed by atoms with E-state index in [0.29, 0.717) is 17.3 Å². The van der Waals surface area contributed by atoms with Crippen LogP contribution in [0.15, 0.2) is 52.8 Å². The molecule has 0 amide bonds. The van der Waals surface area contributed by atoms with Crippen LogP contribution in [-0.4, -0.2) is 14.9 Å². The number of alkyl halides is 1. The molecule has 0 spiro atoms. The van der Waals surface area contributed by atoms with Crippen molar-refractivity contribution in [1.29, 1.82) is 0 Å². The lowest BCUT2D eigenvalue weighted by molar-refractivity contribution is 0.629. The topological polar surface area (TPSA) is 34.9 Å². The van der Waals surface area contributed by atoms with Gasteiger partial charge in [0.15, 0.2) is 5.43 Å². The fourth-order valence-corrected chi connectivity index (χ4v) is 3.96. The van der Waals surface area contributed by atoms with Crippen LogP contribution < -0.4 is 5.43 Å². The first-order valence-electron chi connectivity index (χ1n) is 7.40. The lowest BCUT2D eigenvalue weighted by atomic mass is 10.1. The Balaban J connectivity index is 2.13. The van der Waals surface area contributed by atoms with Crippen LogP contribution in [0.25, 0.3) is 32.4 Å². The molecule has 0 aliphatic heterocycles. The Kier molecular flexibility index (Phi) is 3.94. The molecule has 0 bridgehead atoms. The largest absolute Gasteiger partial charge is 0.339 e. The highest BCUT2D eigenvalue weighted by atomic mass is 79.9. The van der Waals surface area contributed by atoms with E-state index in [0.717, 1.165) is 26.9 Å². The molecular weight excluding hydrogens is 391 g/mol. The summed E-state index contributed by atoms with van der Waals surface area (Å²) in [5, 5.41) is 4.57. The third-order valence-corrected chi connectivity index (χ3v) is 5.19. The summed E-state index contributed by atoms with van der Waals surface area (Å²) in [7, 11) is 0. The van der Waals surface area contributed by atoms with Crippen LogP contribution in [0.1, 0.15) is 0 Å². The standard InChI is InChI=1S/C18H12BrFN2OS/c19-5-7-22-15-4-2-12(20)10-14(15)17(23)13-3-1-11(9-16(13)22)18-21-6-8-24-18/h1-4,6,8-10H,5,7H2. The van der Waals surface area contributed by atoms with Gasteiger partial charge >= 0.3 is 0 Å². The van der Waals surface area contributed by atoms with Crippen molar-refractivity contribution in [2.45, 2.75) is 6.54 Å². The van der Waals surface area contributed by atoms with E-state index in [-0.39, 0.29) is 5.43 Å². The van der Waals surface area contributed by atoms with Crippen LogP contribution in [0.4, 0.5) is 4.39 Å². The number of hydrogen-bond donors (Lipinski definition) is 0. The minimum Gasteiger partial charge on any atom is -0.339 e. The average molecular weight is 403 g/mol. The Morgan fingerprint density at radius 3 is 2.75 bits per heavy atom. The molecule has 0 atom stereocenters. The number of aromatic nitrogens is 2. The molecule has 0 radical (unpaired) electrons. The van der Waals surface area contributed by atoms with E-state index >= 15 is 0 Å². The maximum Gasteiger partial charge on any atom is 0.197 e. The molecule has 2 aromatic carbocycles. The van der Waals surface area contributed by atoms with Crippen LogP contribution in [0, 0.1) is 5.82 Å². The van der Waals surface area contributed by atoms with Gasteiger partial charge in [-0.05, 0) is 30.3 Å². The zero-order chi connectivity index (χ0) is 16.7. The first-order valence-corrected chi connectivity index (χ1v) is 9.41. The normalized spacial score (nSPS) is 11.4. The molecule has 4 aromatic rings. The maximum atomic E-state index is 13.6. The van der Waals surface area contributed by atoms with Crippen LogP contribution in [0.5, 0.6) is 0 Å². The van der Waals surface area contributed by atoms with E-state index in [1.807, 2.05) is 23.6 Å². The molecule has 0 aliphatic rings. The highest BCUT2D eigenvalue weighted by molar-refractivity contribution is 9.09. The summed E-state index contributed by atoms with van der Waals surface area (Å²) in [5.41, 5.74) is 2.41. The average Bonchev–Trinajstić information content (AvgIpc) is 3.13. The minimum atomic E-state index is -0.399. The smallest absolute Gasteiger partial charge is 0.197 e. The highest BCUT2D eigenvalue weighted by Crippen LogP contribution is 2.27. The van der Waals surface area contributed by atoms with Gasteiger partial charge in [-0.25, -0.2) is 9.37 Å². The van der Waals surface area contributed by atoms with Crippen molar-refractivity contribution in [2.75, 3.05) is 5.33 Å². The van der Waals surface area contributed by atoms with Crippen LogP contribution >= 0.6 is 27.3 Å². The quantitative estimate of drug-likeness (QED) is 0.364. The van der Waals surface area contributed by atoms with Crippen molar-refractivity contribution < 1.29 is 4.39 Å². The Morgan fingerprint density at radius 1 is 1.12 bits per heavy atom. The van der Waals surface area contributed by atoms with Gasteiger partial charge in [0.1, 0.15) is 10.8 Å². The van der Waals surface area contributed by atoms with Crippen LogP contribution in [-0.2, 0) is 6.54 Å². The second kappa shape index (κ2) is 6.11. The molecular formula is C18H12BrFN2OS. The van der Waals surface area contributed by atoms with Gasteiger partial charge in [-0.15, -0.1) is 11.3 Å².